The molecule has 1 aromatic rings. The summed E-state index contributed by atoms with van der Waals surface area (Å²) < 4.78 is 13.7. The number of nitrogens with one attached hydrogen (secondary N) is 1. The molecule has 1 aliphatic carbocycles. The van der Waals surface area contributed by atoms with Crippen LogP contribution in [0.2, 0.25) is 0 Å². The first kappa shape index (κ1) is 11.6. The van der Waals surface area contributed by atoms with Crippen molar-refractivity contribution >= 4 is 0 Å². The second kappa shape index (κ2) is 5.44. The quantitative estimate of drug-likeness (QED) is 0.754. The molecule has 1 saturated carbocycles. The zero-order chi connectivity index (χ0) is 11.4. The molecule has 1 aromatic carbocycles. The molecule has 0 amide bonds. The highest BCUT2D eigenvalue weighted by atomic mass is 19.1. The molecule has 1 N–H and O–H groups in total. The van der Waals surface area contributed by atoms with Gasteiger partial charge in [-0.05, 0) is 43.9 Å². The van der Waals surface area contributed by atoms with Crippen LogP contribution in [0.15, 0.2) is 24.3 Å². The minimum Gasteiger partial charge on any atom is -0.317 e. The van der Waals surface area contributed by atoms with E-state index in [0.717, 1.165) is 18.4 Å². The molecule has 0 radical (unpaired) electrons. The molecule has 0 spiro atoms. The molecule has 16 heavy (non-hydrogen) atoms. The molecule has 88 valence electrons. The van der Waals surface area contributed by atoms with Gasteiger partial charge in [0, 0.05) is 6.04 Å². The van der Waals surface area contributed by atoms with E-state index in [1.807, 2.05) is 19.2 Å². The predicted octanol–water partition coefficient (Wildman–Crippen LogP) is 3.46. The van der Waals surface area contributed by atoms with Gasteiger partial charge < -0.3 is 5.32 Å². The van der Waals surface area contributed by atoms with Crippen LogP contribution >= 0.6 is 0 Å². The Morgan fingerprint density at radius 2 is 1.94 bits per heavy atom. The Morgan fingerprint density at radius 3 is 2.69 bits per heavy atom. The molecular formula is C14H20FN. The van der Waals surface area contributed by atoms with Crippen molar-refractivity contribution < 1.29 is 4.39 Å². The van der Waals surface area contributed by atoms with E-state index in [1.165, 1.54) is 19.3 Å². The average molecular weight is 221 g/mol. The number of benzene rings is 1. The lowest BCUT2D eigenvalue weighted by atomic mass is 9.90. The van der Waals surface area contributed by atoms with Crippen molar-refractivity contribution in [3.05, 3.63) is 35.6 Å². The van der Waals surface area contributed by atoms with E-state index < -0.39 is 0 Å². The zero-order valence-corrected chi connectivity index (χ0v) is 9.88. The van der Waals surface area contributed by atoms with Gasteiger partial charge in [0.1, 0.15) is 5.82 Å². The maximum Gasteiger partial charge on any atom is 0.126 e. The van der Waals surface area contributed by atoms with E-state index in [-0.39, 0.29) is 5.82 Å². The molecule has 0 bridgehead atoms. The fourth-order valence-corrected chi connectivity index (χ4v) is 2.71. The molecular weight excluding hydrogens is 201 g/mol. The van der Waals surface area contributed by atoms with Crippen LogP contribution in [0.4, 0.5) is 4.39 Å². The molecule has 1 nitrogen and oxygen atoms in total. The second-order valence-electron chi connectivity index (χ2n) is 4.72. The average Bonchev–Trinajstić information content (AvgIpc) is 2.55. The van der Waals surface area contributed by atoms with Crippen LogP contribution in [0.25, 0.3) is 0 Å². The van der Waals surface area contributed by atoms with Crippen molar-refractivity contribution in [3.8, 4) is 0 Å². The summed E-state index contributed by atoms with van der Waals surface area (Å²) in [6, 6.07) is 7.78. The van der Waals surface area contributed by atoms with Gasteiger partial charge in [-0.1, -0.05) is 31.0 Å². The van der Waals surface area contributed by atoms with Crippen molar-refractivity contribution in [1.29, 1.82) is 0 Å². The van der Waals surface area contributed by atoms with Crippen LogP contribution in [0.5, 0.6) is 0 Å². The van der Waals surface area contributed by atoms with Gasteiger partial charge in [-0.2, -0.15) is 0 Å². The smallest absolute Gasteiger partial charge is 0.126 e. The SMILES string of the molecule is CNC1CCCCC(c2ccccc2F)C1. The third-order valence-corrected chi connectivity index (χ3v) is 3.68. The zero-order valence-electron chi connectivity index (χ0n) is 9.88. The summed E-state index contributed by atoms with van der Waals surface area (Å²) in [5.74, 6) is 0.352. The summed E-state index contributed by atoms with van der Waals surface area (Å²) in [7, 11) is 2.01. The molecule has 0 aromatic heterocycles. The first-order chi connectivity index (χ1) is 7.81. The monoisotopic (exact) mass is 221 g/mol. The van der Waals surface area contributed by atoms with Crippen LogP contribution in [-0.4, -0.2) is 13.1 Å². The molecule has 0 aliphatic heterocycles. The summed E-state index contributed by atoms with van der Waals surface area (Å²) >= 11 is 0. The molecule has 0 saturated heterocycles. The van der Waals surface area contributed by atoms with E-state index in [1.54, 1.807) is 12.1 Å². The van der Waals surface area contributed by atoms with Gasteiger partial charge in [0.2, 0.25) is 0 Å². The van der Waals surface area contributed by atoms with Crippen molar-refractivity contribution in [3.63, 3.8) is 0 Å². The van der Waals surface area contributed by atoms with Crippen molar-refractivity contribution in [2.24, 2.45) is 0 Å². The van der Waals surface area contributed by atoms with Crippen molar-refractivity contribution in [2.45, 2.75) is 44.1 Å². The van der Waals surface area contributed by atoms with E-state index in [4.69, 9.17) is 0 Å². The Balaban J connectivity index is 2.16. The fraction of sp³-hybridized carbons (Fsp3) is 0.571. The topological polar surface area (TPSA) is 12.0 Å². The third-order valence-electron chi connectivity index (χ3n) is 3.68. The number of hydrogen-bond acceptors (Lipinski definition) is 1. The van der Waals surface area contributed by atoms with E-state index in [9.17, 15) is 4.39 Å². The first-order valence-electron chi connectivity index (χ1n) is 6.23. The normalized spacial score (nSPS) is 26.4. The molecule has 2 unspecified atom stereocenters. The van der Waals surface area contributed by atoms with Gasteiger partial charge in [0.15, 0.2) is 0 Å². The van der Waals surface area contributed by atoms with Crippen LogP contribution < -0.4 is 5.32 Å². The molecule has 1 fully saturated rings. The van der Waals surface area contributed by atoms with Gasteiger partial charge in [0.05, 0.1) is 0 Å². The van der Waals surface area contributed by atoms with Gasteiger partial charge in [-0.3, -0.25) is 0 Å². The van der Waals surface area contributed by atoms with E-state index in [0.29, 0.717) is 12.0 Å². The maximum absolute atomic E-state index is 13.7. The summed E-state index contributed by atoms with van der Waals surface area (Å²) in [6.07, 6.45) is 5.89. The lowest BCUT2D eigenvalue weighted by Gasteiger charge is -2.20. The molecule has 2 heteroatoms. The summed E-state index contributed by atoms with van der Waals surface area (Å²) in [4.78, 5) is 0. The Morgan fingerprint density at radius 1 is 1.19 bits per heavy atom. The Labute approximate surface area is 97.1 Å². The Bertz CT molecular complexity index is 337. The molecule has 0 heterocycles. The number of hydrogen-bond donors (Lipinski definition) is 1. The minimum atomic E-state index is -0.0377. The lowest BCUT2D eigenvalue weighted by Crippen LogP contribution is -2.26. The van der Waals surface area contributed by atoms with Crippen LogP contribution in [0.3, 0.4) is 0 Å². The largest absolute Gasteiger partial charge is 0.317 e. The fourth-order valence-electron chi connectivity index (χ4n) is 2.71. The highest BCUT2D eigenvalue weighted by Gasteiger charge is 2.22. The molecule has 1 aliphatic rings. The van der Waals surface area contributed by atoms with E-state index >= 15 is 0 Å². The van der Waals surface area contributed by atoms with Gasteiger partial charge in [0.25, 0.3) is 0 Å². The number of rotatable bonds is 2. The Hall–Kier alpha value is -0.890. The summed E-state index contributed by atoms with van der Waals surface area (Å²) in [6.45, 7) is 0. The molecule has 2 rings (SSSR count). The van der Waals surface area contributed by atoms with Crippen LogP contribution in [0.1, 0.15) is 43.6 Å². The van der Waals surface area contributed by atoms with E-state index in [2.05, 4.69) is 5.32 Å². The van der Waals surface area contributed by atoms with Gasteiger partial charge in [-0.15, -0.1) is 0 Å². The molecule has 2 atom stereocenters. The first-order valence-corrected chi connectivity index (χ1v) is 6.23. The highest BCUT2D eigenvalue weighted by Crippen LogP contribution is 2.32. The second-order valence-corrected chi connectivity index (χ2v) is 4.72. The Kier molecular flexibility index (Phi) is 3.94. The third kappa shape index (κ3) is 2.62. The lowest BCUT2D eigenvalue weighted by molar-refractivity contribution is 0.460. The van der Waals surface area contributed by atoms with Gasteiger partial charge in [-0.25, -0.2) is 4.39 Å². The van der Waals surface area contributed by atoms with Crippen molar-refractivity contribution in [1.82, 2.24) is 5.32 Å². The standard InChI is InChI=1S/C14H20FN/c1-16-12-7-3-2-6-11(10-12)13-8-4-5-9-14(13)15/h4-5,8-9,11-12,16H,2-3,6-7,10H2,1H3. The summed E-state index contributed by atoms with van der Waals surface area (Å²) in [5.41, 5.74) is 0.907. The number of halogens is 1. The highest BCUT2D eigenvalue weighted by molar-refractivity contribution is 5.22. The minimum absolute atomic E-state index is 0.0377. The van der Waals surface area contributed by atoms with Crippen LogP contribution in [0, 0.1) is 5.82 Å². The summed E-state index contributed by atoms with van der Waals surface area (Å²) in [5, 5.41) is 3.34. The predicted molar refractivity (Wildman–Crippen MR) is 65.1 cm³/mol. The van der Waals surface area contributed by atoms with Crippen LogP contribution in [-0.2, 0) is 0 Å². The van der Waals surface area contributed by atoms with Crippen molar-refractivity contribution in [2.75, 3.05) is 7.05 Å². The van der Waals surface area contributed by atoms with Gasteiger partial charge >= 0.3 is 0 Å². The maximum atomic E-state index is 13.7.